The van der Waals surface area contributed by atoms with Crippen LogP contribution in [0, 0.1) is 5.82 Å². The maximum absolute atomic E-state index is 15.1. The molecule has 0 bridgehead atoms. The van der Waals surface area contributed by atoms with Crippen molar-refractivity contribution in [2.24, 2.45) is 0 Å². The largest absolute Gasteiger partial charge is 0.453 e. The Morgan fingerprint density at radius 1 is 1.14 bits per heavy atom. The standard InChI is InChI=1S/C32H31F2N5O4S/c1-39(23-7-4-21(33)5-8-23)31(41)17-30(40)38-22-6-10-27(24(34)15-22)43-28-11-12-36-26-16-29(44-32(26)28)25-9-3-20(19-37-25)18-35-13-14-42-2/h3-4,6-12,15-16,19,21,35H,5,13-14,17-18H2,1-2H3,(H,38,40). The van der Waals surface area contributed by atoms with Crippen molar-refractivity contribution in [3.8, 4) is 22.1 Å². The molecule has 1 aliphatic rings. The van der Waals surface area contributed by atoms with Crippen LogP contribution in [0.1, 0.15) is 18.4 Å². The van der Waals surface area contributed by atoms with Gasteiger partial charge >= 0.3 is 0 Å². The molecule has 0 fully saturated rings. The number of aromatic nitrogens is 2. The smallest absolute Gasteiger partial charge is 0.236 e. The van der Waals surface area contributed by atoms with Crippen LogP contribution in [0.25, 0.3) is 20.8 Å². The van der Waals surface area contributed by atoms with Crippen LogP contribution in [0.3, 0.4) is 0 Å². The molecule has 2 N–H and O–H groups in total. The van der Waals surface area contributed by atoms with Crippen molar-refractivity contribution < 1.29 is 27.8 Å². The summed E-state index contributed by atoms with van der Waals surface area (Å²) >= 11 is 1.44. The number of hydrogen-bond donors (Lipinski definition) is 2. The van der Waals surface area contributed by atoms with Crippen molar-refractivity contribution in [2.45, 2.75) is 25.6 Å². The molecule has 4 aromatic rings. The topological polar surface area (TPSA) is 106 Å². The van der Waals surface area contributed by atoms with Gasteiger partial charge in [-0.05, 0) is 42.0 Å². The van der Waals surface area contributed by atoms with E-state index in [9.17, 15) is 14.0 Å². The van der Waals surface area contributed by atoms with Crippen molar-refractivity contribution >= 4 is 39.1 Å². The molecule has 0 saturated carbocycles. The van der Waals surface area contributed by atoms with Gasteiger partial charge in [-0.25, -0.2) is 8.78 Å². The second-order valence-electron chi connectivity index (χ2n) is 10.0. The van der Waals surface area contributed by atoms with Gasteiger partial charge in [-0.15, -0.1) is 11.3 Å². The summed E-state index contributed by atoms with van der Waals surface area (Å²) in [7, 11) is 3.18. The van der Waals surface area contributed by atoms with Gasteiger partial charge in [0, 0.05) is 69.6 Å². The van der Waals surface area contributed by atoms with E-state index in [0.29, 0.717) is 30.1 Å². The lowest BCUT2D eigenvalue weighted by Crippen LogP contribution is -2.30. The Labute approximate surface area is 257 Å². The average molecular weight is 620 g/mol. The molecule has 0 radical (unpaired) electrons. The molecule has 1 aromatic carbocycles. The molecule has 2 amide bonds. The molecule has 9 nitrogen and oxygen atoms in total. The molecule has 0 aliphatic heterocycles. The van der Waals surface area contributed by atoms with Gasteiger partial charge in [-0.1, -0.05) is 12.1 Å². The number of likely N-dealkylation sites (N-methyl/N-ethyl adjacent to an activating group) is 1. The Bertz CT molecular complexity index is 1710. The van der Waals surface area contributed by atoms with Crippen molar-refractivity contribution in [1.82, 2.24) is 20.2 Å². The van der Waals surface area contributed by atoms with Crippen LogP contribution in [0.5, 0.6) is 11.5 Å². The third-order valence-corrected chi connectivity index (χ3v) is 7.96. The molecule has 1 atom stereocenters. The fourth-order valence-corrected chi connectivity index (χ4v) is 5.46. The number of benzene rings is 1. The van der Waals surface area contributed by atoms with E-state index in [2.05, 4.69) is 20.6 Å². The molecule has 44 heavy (non-hydrogen) atoms. The van der Waals surface area contributed by atoms with E-state index < -0.39 is 30.2 Å². The van der Waals surface area contributed by atoms with Crippen molar-refractivity contribution in [2.75, 3.05) is 32.6 Å². The van der Waals surface area contributed by atoms with E-state index in [1.54, 1.807) is 25.4 Å². The Morgan fingerprint density at radius 3 is 2.73 bits per heavy atom. The number of halogens is 2. The summed E-state index contributed by atoms with van der Waals surface area (Å²) < 4.78 is 40.1. The maximum Gasteiger partial charge on any atom is 0.236 e. The van der Waals surface area contributed by atoms with Gasteiger partial charge in [0.25, 0.3) is 0 Å². The van der Waals surface area contributed by atoms with Gasteiger partial charge < -0.3 is 25.0 Å². The Balaban J connectivity index is 1.22. The maximum atomic E-state index is 15.1. The number of alkyl halides is 1. The van der Waals surface area contributed by atoms with Gasteiger partial charge in [-0.2, -0.15) is 0 Å². The summed E-state index contributed by atoms with van der Waals surface area (Å²) in [6, 6.07) is 11.6. The number of fused-ring (bicyclic) bond motifs is 1. The van der Waals surface area contributed by atoms with Crippen LogP contribution >= 0.6 is 11.3 Å². The van der Waals surface area contributed by atoms with Crippen molar-refractivity contribution in [1.29, 1.82) is 0 Å². The lowest BCUT2D eigenvalue weighted by molar-refractivity contribution is -0.132. The van der Waals surface area contributed by atoms with Gasteiger partial charge in [0.15, 0.2) is 11.6 Å². The second-order valence-corrected chi connectivity index (χ2v) is 11.1. The zero-order valence-electron chi connectivity index (χ0n) is 24.2. The molecule has 1 aliphatic carbocycles. The lowest BCUT2D eigenvalue weighted by Gasteiger charge is -2.21. The number of methoxy groups -OCH3 is 1. The molecular weight excluding hydrogens is 588 g/mol. The van der Waals surface area contributed by atoms with Crippen LogP contribution in [-0.4, -0.2) is 60.2 Å². The molecule has 12 heteroatoms. The third kappa shape index (κ3) is 7.70. The molecular formula is C32H31F2N5O4S. The van der Waals surface area contributed by atoms with Crippen LogP contribution in [0.4, 0.5) is 14.5 Å². The zero-order valence-corrected chi connectivity index (χ0v) is 25.0. The average Bonchev–Trinajstić information content (AvgIpc) is 3.46. The highest BCUT2D eigenvalue weighted by Gasteiger charge is 2.19. The first-order valence-corrected chi connectivity index (χ1v) is 14.7. The number of carbonyl (C=O) groups excluding carboxylic acids is 2. The summed E-state index contributed by atoms with van der Waals surface area (Å²) in [5.74, 6) is -1.38. The predicted molar refractivity (Wildman–Crippen MR) is 166 cm³/mol. The van der Waals surface area contributed by atoms with E-state index in [0.717, 1.165) is 33.4 Å². The summed E-state index contributed by atoms with van der Waals surface area (Å²) in [5.41, 5.74) is 3.22. The zero-order chi connectivity index (χ0) is 31.1. The normalized spacial score (nSPS) is 14.4. The number of anilines is 1. The number of hydrogen-bond acceptors (Lipinski definition) is 8. The van der Waals surface area contributed by atoms with Gasteiger partial charge in [0.05, 0.1) is 27.4 Å². The van der Waals surface area contributed by atoms with E-state index in [-0.39, 0.29) is 17.9 Å². The van der Waals surface area contributed by atoms with Gasteiger partial charge in [0.1, 0.15) is 18.3 Å². The van der Waals surface area contributed by atoms with E-state index in [1.165, 1.54) is 47.6 Å². The van der Waals surface area contributed by atoms with E-state index in [1.807, 2.05) is 24.4 Å². The Kier molecular flexibility index (Phi) is 10.1. The predicted octanol–water partition coefficient (Wildman–Crippen LogP) is 5.99. The molecule has 5 rings (SSSR count). The number of rotatable bonds is 12. The summed E-state index contributed by atoms with van der Waals surface area (Å²) in [6.45, 7) is 2.07. The molecule has 3 heterocycles. The highest BCUT2D eigenvalue weighted by Crippen LogP contribution is 2.39. The SMILES string of the molecule is COCCNCc1ccc(-c2cc3nccc(Oc4ccc(NC(=O)CC(=O)N(C)C5=CCC(F)C=C5)cc4F)c3s2)nc1. The van der Waals surface area contributed by atoms with Crippen LogP contribution < -0.4 is 15.4 Å². The minimum Gasteiger partial charge on any atom is -0.453 e. The fourth-order valence-electron chi connectivity index (χ4n) is 4.42. The van der Waals surface area contributed by atoms with Gasteiger partial charge in [0.2, 0.25) is 11.8 Å². The fraction of sp³-hybridized carbons (Fsp3) is 0.250. The van der Waals surface area contributed by atoms with Crippen LogP contribution in [-0.2, 0) is 20.9 Å². The number of ether oxygens (including phenoxy) is 2. The second kappa shape index (κ2) is 14.3. The minimum atomic E-state index is -1.08. The number of amides is 2. The number of nitrogens with zero attached hydrogens (tertiary/aromatic N) is 3. The van der Waals surface area contributed by atoms with E-state index >= 15 is 4.39 Å². The summed E-state index contributed by atoms with van der Waals surface area (Å²) in [6.07, 6.45) is 6.50. The van der Waals surface area contributed by atoms with E-state index in [4.69, 9.17) is 9.47 Å². The molecule has 1 unspecified atom stereocenters. The quantitative estimate of drug-likeness (QED) is 0.148. The van der Waals surface area contributed by atoms with Crippen molar-refractivity contribution in [3.05, 3.63) is 90.2 Å². The minimum absolute atomic E-state index is 0.0353. The number of carbonyl (C=O) groups is 2. The molecule has 0 saturated heterocycles. The first-order chi connectivity index (χ1) is 21.3. The highest BCUT2D eigenvalue weighted by atomic mass is 32.1. The number of nitrogens with one attached hydrogen (secondary N) is 2. The molecule has 228 valence electrons. The first kappa shape index (κ1) is 30.9. The lowest BCUT2D eigenvalue weighted by atomic mass is 10.1. The number of allylic oxidation sites excluding steroid dienone is 3. The first-order valence-electron chi connectivity index (χ1n) is 13.9. The molecule has 0 spiro atoms. The third-order valence-electron chi connectivity index (χ3n) is 6.80. The monoisotopic (exact) mass is 619 g/mol. The van der Waals surface area contributed by atoms with Crippen molar-refractivity contribution in [3.63, 3.8) is 0 Å². The number of thiophene rings is 1. The molecule has 3 aromatic heterocycles. The van der Waals surface area contributed by atoms with Crippen LogP contribution in [0.2, 0.25) is 0 Å². The highest BCUT2D eigenvalue weighted by molar-refractivity contribution is 7.22. The summed E-state index contributed by atoms with van der Waals surface area (Å²) in [4.78, 5) is 36.2. The Morgan fingerprint density at radius 2 is 2.00 bits per heavy atom. The van der Waals surface area contributed by atoms with Gasteiger partial charge in [-0.3, -0.25) is 19.6 Å². The van der Waals surface area contributed by atoms with Crippen LogP contribution in [0.15, 0.2) is 78.8 Å². The Hall–Kier alpha value is -4.52. The number of pyridine rings is 2. The summed E-state index contributed by atoms with van der Waals surface area (Å²) in [5, 5.41) is 5.82.